The number of methoxy groups -OCH3 is 1. The van der Waals surface area contributed by atoms with Gasteiger partial charge in [-0.2, -0.15) is 13.2 Å². The second-order valence-corrected chi connectivity index (χ2v) is 4.30. The van der Waals surface area contributed by atoms with Crippen molar-refractivity contribution in [1.29, 1.82) is 0 Å². The molecule has 0 saturated heterocycles. The Balaban J connectivity index is 2.68. The van der Waals surface area contributed by atoms with Crippen LogP contribution in [0.3, 0.4) is 0 Å². The van der Waals surface area contributed by atoms with E-state index in [4.69, 9.17) is 4.74 Å². The average molecular weight is 302 g/mol. The summed E-state index contributed by atoms with van der Waals surface area (Å²) >= 11 is 0. The van der Waals surface area contributed by atoms with Crippen molar-refractivity contribution in [1.82, 2.24) is 0 Å². The lowest BCUT2D eigenvalue weighted by atomic mass is 9.95. The SMILES string of the molecule is COc1ccc(-c2ccccc2C(F)(F)F)c(C(F)F)c1. The van der Waals surface area contributed by atoms with Gasteiger partial charge in [0.1, 0.15) is 5.75 Å². The molecule has 2 rings (SSSR count). The summed E-state index contributed by atoms with van der Waals surface area (Å²) in [6.45, 7) is 0. The third kappa shape index (κ3) is 3.15. The highest BCUT2D eigenvalue weighted by Crippen LogP contribution is 2.41. The Morgan fingerprint density at radius 1 is 0.952 bits per heavy atom. The molecule has 0 unspecified atom stereocenters. The lowest BCUT2D eigenvalue weighted by Crippen LogP contribution is -2.07. The fraction of sp³-hybridized carbons (Fsp3) is 0.200. The summed E-state index contributed by atoms with van der Waals surface area (Å²) in [5.74, 6) is 0.165. The molecule has 0 radical (unpaired) electrons. The topological polar surface area (TPSA) is 9.23 Å². The third-order valence-corrected chi connectivity index (χ3v) is 3.02. The highest BCUT2D eigenvalue weighted by atomic mass is 19.4. The molecule has 0 saturated carbocycles. The highest BCUT2D eigenvalue weighted by molar-refractivity contribution is 5.72. The van der Waals surface area contributed by atoms with Gasteiger partial charge in [-0.1, -0.05) is 24.3 Å². The first-order valence-electron chi connectivity index (χ1n) is 5.97. The maximum Gasteiger partial charge on any atom is 0.417 e. The second-order valence-electron chi connectivity index (χ2n) is 4.30. The summed E-state index contributed by atoms with van der Waals surface area (Å²) in [5.41, 5.74) is -1.87. The first-order valence-corrected chi connectivity index (χ1v) is 5.97. The Morgan fingerprint density at radius 2 is 1.62 bits per heavy atom. The molecule has 2 aromatic rings. The van der Waals surface area contributed by atoms with Crippen molar-refractivity contribution >= 4 is 0 Å². The van der Waals surface area contributed by atoms with E-state index in [1.54, 1.807) is 0 Å². The standard InChI is InChI=1S/C15H11F5O/c1-21-9-6-7-10(12(8-9)14(16)17)11-4-2-3-5-13(11)15(18,19)20/h2-8,14H,1H3. The van der Waals surface area contributed by atoms with Gasteiger partial charge in [-0.25, -0.2) is 8.78 Å². The Kier molecular flexibility index (Phi) is 4.16. The van der Waals surface area contributed by atoms with Gasteiger partial charge in [0, 0.05) is 5.56 Å². The Labute approximate surface area is 118 Å². The van der Waals surface area contributed by atoms with E-state index in [2.05, 4.69) is 0 Å². The molecule has 0 aliphatic rings. The van der Waals surface area contributed by atoms with Crippen LogP contribution in [0.15, 0.2) is 42.5 Å². The molecular weight excluding hydrogens is 291 g/mol. The summed E-state index contributed by atoms with van der Waals surface area (Å²) in [7, 11) is 1.30. The molecular formula is C15H11F5O. The van der Waals surface area contributed by atoms with Crippen LogP contribution in [0, 0.1) is 0 Å². The van der Waals surface area contributed by atoms with E-state index in [-0.39, 0.29) is 16.9 Å². The first-order chi connectivity index (χ1) is 9.84. The number of rotatable bonds is 3. The van der Waals surface area contributed by atoms with E-state index in [1.807, 2.05) is 0 Å². The van der Waals surface area contributed by atoms with Gasteiger partial charge < -0.3 is 4.74 Å². The summed E-state index contributed by atoms with van der Waals surface area (Å²) < 4.78 is 70.1. The highest BCUT2D eigenvalue weighted by Gasteiger charge is 2.34. The van der Waals surface area contributed by atoms with Crippen molar-refractivity contribution < 1.29 is 26.7 Å². The minimum absolute atomic E-state index is 0.154. The minimum Gasteiger partial charge on any atom is -0.497 e. The van der Waals surface area contributed by atoms with Gasteiger partial charge in [0.05, 0.1) is 12.7 Å². The predicted octanol–water partition coefficient (Wildman–Crippen LogP) is 5.32. The lowest BCUT2D eigenvalue weighted by Gasteiger charge is -2.16. The molecule has 112 valence electrons. The molecule has 0 bridgehead atoms. The van der Waals surface area contributed by atoms with Crippen LogP contribution in [0.5, 0.6) is 5.75 Å². The van der Waals surface area contributed by atoms with Gasteiger partial charge in [0.25, 0.3) is 6.43 Å². The van der Waals surface area contributed by atoms with Crippen molar-refractivity contribution in [3.8, 4) is 16.9 Å². The Hall–Kier alpha value is -2.11. The molecule has 1 nitrogen and oxygen atoms in total. The van der Waals surface area contributed by atoms with Crippen molar-refractivity contribution in [2.45, 2.75) is 12.6 Å². The Morgan fingerprint density at radius 3 is 2.19 bits per heavy atom. The van der Waals surface area contributed by atoms with Gasteiger partial charge in [-0.05, 0) is 29.3 Å². The monoisotopic (exact) mass is 302 g/mol. The molecule has 0 aliphatic carbocycles. The largest absolute Gasteiger partial charge is 0.497 e. The van der Waals surface area contributed by atoms with Crippen molar-refractivity contribution in [3.05, 3.63) is 53.6 Å². The molecule has 21 heavy (non-hydrogen) atoms. The van der Waals surface area contributed by atoms with Crippen molar-refractivity contribution in [3.63, 3.8) is 0 Å². The van der Waals surface area contributed by atoms with Crippen molar-refractivity contribution in [2.24, 2.45) is 0 Å². The van der Waals surface area contributed by atoms with Gasteiger partial charge >= 0.3 is 6.18 Å². The fourth-order valence-corrected chi connectivity index (χ4v) is 2.06. The Bertz CT molecular complexity index is 634. The van der Waals surface area contributed by atoms with Crippen LogP contribution < -0.4 is 4.74 Å². The molecule has 0 heterocycles. The minimum atomic E-state index is -4.62. The lowest BCUT2D eigenvalue weighted by molar-refractivity contribution is -0.137. The van der Waals surface area contributed by atoms with Gasteiger partial charge in [-0.3, -0.25) is 0 Å². The zero-order valence-corrected chi connectivity index (χ0v) is 10.9. The normalized spacial score (nSPS) is 11.8. The molecule has 0 spiro atoms. The van der Waals surface area contributed by atoms with Crippen LogP contribution >= 0.6 is 0 Å². The summed E-state index contributed by atoms with van der Waals surface area (Å²) in [6.07, 6.45) is -7.52. The van der Waals surface area contributed by atoms with Crippen LogP contribution in [-0.4, -0.2) is 7.11 Å². The number of alkyl halides is 5. The molecule has 0 atom stereocenters. The van der Waals surface area contributed by atoms with E-state index >= 15 is 0 Å². The van der Waals surface area contributed by atoms with Gasteiger partial charge in [-0.15, -0.1) is 0 Å². The van der Waals surface area contributed by atoms with E-state index in [0.717, 1.165) is 12.1 Å². The van der Waals surface area contributed by atoms with Crippen LogP contribution in [0.25, 0.3) is 11.1 Å². The molecule has 0 N–H and O–H groups in total. The summed E-state index contributed by atoms with van der Waals surface area (Å²) in [4.78, 5) is 0. The summed E-state index contributed by atoms with van der Waals surface area (Å²) in [5, 5.41) is 0. The molecule has 0 fully saturated rings. The van der Waals surface area contributed by atoms with E-state index in [0.29, 0.717) is 0 Å². The van der Waals surface area contributed by atoms with E-state index < -0.39 is 23.7 Å². The maximum absolute atomic E-state index is 13.1. The average Bonchev–Trinajstić information content (AvgIpc) is 2.45. The summed E-state index contributed by atoms with van der Waals surface area (Å²) in [6, 6.07) is 8.26. The van der Waals surface area contributed by atoms with Crippen LogP contribution in [-0.2, 0) is 6.18 Å². The smallest absolute Gasteiger partial charge is 0.417 e. The number of halogens is 5. The van der Waals surface area contributed by atoms with Crippen molar-refractivity contribution in [2.75, 3.05) is 7.11 Å². The van der Waals surface area contributed by atoms with Gasteiger partial charge in [0.2, 0.25) is 0 Å². The number of hydrogen-bond acceptors (Lipinski definition) is 1. The van der Waals surface area contributed by atoms with Gasteiger partial charge in [0.15, 0.2) is 0 Å². The first kappa shape index (κ1) is 15.3. The molecule has 0 amide bonds. The number of hydrogen-bond donors (Lipinski definition) is 0. The van der Waals surface area contributed by atoms with Crippen LogP contribution in [0.2, 0.25) is 0 Å². The zero-order valence-electron chi connectivity index (χ0n) is 10.9. The maximum atomic E-state index is 13.1. The van der Waals surface area contributed by atoms with Crippen LogP contribution in [0.4, 0.5) is 22.0 Å². The second kappa shape index (κ2) is 5.71. The molecule has 2 aromatic carbocycles. The van der Waals surface area contributed by atoms with E-state index in [9.17, 15) is 22.0 Å². The quantitative estimate of drug-likeness (QED) is 0.697. The third-order valence-electron chi connectivity index (χ3n) is 3.02. The van der Waals surface area contributed by atoms with E-state index in [1.165, 1.54) is 37.4 Å². The zero-order chi connectivity index (χ0) is 15.6. The number of benzene rings is 2. The number of ether oxygens (including phenoxy) is 1. The molecule has 6 heteroatoms. The van der Waals surface area contributed by atoms with Crippen LogP contribution in [0.1, 0.15) is 17.6 Å². The predicted molar refractivity (Wildman–Crippen MR) is 68.4 cm³/mol. The molecule has 0 aliphatic heterocycles. The fourth-order valence-electron chi connectivity index (χ4n) is 2.06. The molecule has 0 aromatic heterocycles.